The lowest BCUT2D eigenvalue weighted by Crippen LogP contribution is -2.34. The fourth-order valence-corrected chi connectivity index (χ4v) is 2.40. The normalized spacial score (nSPS) is 19.4. The van der Waals surface area contributed by atoms with E-state index in [0.29, 0.717) is 22.7 Å². The first-order valence-electron chi connectivity index (χ1n) is 7.25. The van der Waals surface area contributed by atoms with Crippen molar-refractivity contribution >= 4 is 5.97 Å². The molecule has 0 bridgehead atoms. The molecule has 5 nitrogen and oxygen atoms in total. The Kier molecular flexibility index (Phi) is 6.42. The summed E-state index contributed by atoms with van der Waals surface area (Å²) in [7, 11) is 1.36. The molecule has 0 radical (unpaired) electrons. The molecule has 0 unspecified atom stereocenters. The Labute approximate surface area is 121 Å². The van der Waals surface area contributed by atoms with E-state index in [1.54, 1.807) is 13.8 Å². The number of rotatable bonds is 3. The quantitative estimate of drug-likeness (QED) is 0.469. The van der Waals surface area contributed by atoms with Crippen LogP contribution in [-0.4, -0.2) is 31.1 Å². The molecule has 0 aliphatic carbocycles. The summed E-state index contributed by atoms with van der Waals surface area (Å²) in [5, 5.41) is 0. The molecule has 1 aliphatic rings. The maximum absolute atomic E-state index is 12.0. The van der Waals surface area contributed by atoms with Gasteiger partial charge in [-0.25, -0.2) is 4.79 Å². The highest BCUT2D eigenvalue weighted by Crippen LogP contribution is 2.20. The molecule has 4 N–H and O–H groups in total. The molecule has 0 aromatic heterocycles. The van der Waals surface area contributed by atoms with Crippen LogP contribution in [0.25, 0.3) is 0 Å². The van der Waals surface area contributed by atoms with Crippen LogP contribution < -0.4 is 11.5 Å². The number of carbonyl (C=O) groups excluding carboxylic acids is 1. The largest absolute Gasteiger partial charge is 0.465 e. The number of hydrogen-bond donors (Lipinski definition) is 2. The van der Waals surface area contributed by atoms with Crippen LogP contribution in [0.2, 0.25) is 0 Å². The fourth-order valence-electron chi connectivity index (χ4n) is 2.40. The number of ether oxygens (including phenoxy) is 1. The first-order chi connectivity index (χ1) is 9.49. The van der Waals surface area contributed by atoms with Crippen LogP contribution in [0.5, 0.6) is 0 Å². The van der Waals surface area contributed by atoms with Crippen molar-refractivity contribution < 1.29 is 9.53 Å². The molecular weight excluding hydrogens is 254 g/mol. The summed E-state index contributed by atoms with van der Waals surface area (Å²) in [5.41, 5.74) is 13.7. The molecule has 1 heterocycles. The van der Waals surface area contributed by atoms with Gasteiger partial charge in [0.2, 0.25) is 0 Å². The van der Waals surface area contributed by atoms with Crippen molar-refractivity contribution in [2.24, 2.45) is 11.5 Å². The van der Waals surface area contributed by atoms with E-state index in [-0.39, 0.29) is 0 Å². The Morgan fingerprint density at radius 1 is 1.00 bits per heavy atom. The lowest BCUT2D eigenvalue weighted by atomic mass is 10.0. The molecule has 1 saturated heterocycles. The molecule has 0 spiro atoms. The van der Waals surface area contributed by atoms with Gasteiger partial charge in [-0.05, 0) is 32.3 Å². The molecular formula is C15H27N3O2. The number of nitrogens with zero attached hydrogens (tertiary/aromatic N) is 1. The van der Waals surface area contributed by atoms with Crippen molar-refractivity contribution in [3.63, 3.8) is 0 Å². The van der Waals surface area contributed by atoms with Gasteiger partial charge in [-0.1, -0.05) is 19.3 Å². The van der Waals surface area contributed by atoms with Crippen molar-refractivity contribution in [3.8, 4) is 0 Å². The molecule has 0 aromatic carbocycles. The van der Waals surface area contributed by atoms with Crippen molar-refractivity contribution in [2.45, 2.75) is 46.0 Å². The average molecular weight is 281 g/mol. The Morgan fingerprint density at radius 2 is 1.50 bits per heavy atom. The van der Waals surface area contributed by atoms with Crippen LogP contribution >= 0.6 is 0 Å². The second-order valence-electron chi connectivity index (χ2n) is 5.31. The van der Waals surface area contributed by atoms with E-state index in [4.69, 9.17) is 16.2 Å². The van der Waals surface area contributed by atoms with E-state index in [1.807, 2.05) is 0 Å². The third-order valence-electron chi connectivity index (χ3n) is 3.81. The standard InChI is InChI=1S/C15H27N3O2/c1-11(12(2)16)13(15(19)20-3)14(17)18-9-7-5-4-6-8-10-18/h4-10,16-17H2,1-3H3/b12-11-,14-13-. The van der Waals surface area contributed by atoms with Gasteiger partial charge in [0.05, 0.1) is 7.11 Å². The van der Waals surface area contributed by atoms with E-state index in [9.17, 15) is 4.79 Å². The average Bonchev–Trinajstić information content (AvgIpc) is 2.37. The lowest BCUT2D eigenvalue weighted by Gasteiger charge is -2.28. The maximum Gasteiger partial charge on any atom is 0.341 e. The van der Waals surface area contributed by atoms with Gasteiger partial charge in [0, 0.05) is 18.8 Å². The van der Waals surface area contributed by atoms with E-state index in [2.05, 4.69) is 4.90 Å². The summed E-state index contributed by atoms with van der Waals surface area (Å²) < 4.78 is 4.86. The van der Waals surface area contributed by atoms with Crippen LogP contribution in [0.15, 0.2) is 22.7 Å². The molecule has 1 aliphatic heterocycles. The summed E-state index contributed by atoms with van der Waals surface area (Å²) >= 11 is 0. The summed E-state index contributed by atoms with van der Waals surface area (Å²) in [6.45, 7) is 5.32. The zero-order valence-corrected chi connectivity index (χ0v) is 12.9. The van der Waals surface area contributed by atoms with E-state index in [1.165, 1.54) is 26.4 Å². The van der Waals surface area contributed by atoms with Crippen molar-refractivity contribution in [1.29, 1.82) is 0 Å². The molecule has 0 atom stereocenters. The van der Waals surface area contributed by atoms with Crippen molar-refractivity contribution in [3.05, 3.63) is 22.7 Å². The van der Waals surface area contributed by atoms with Gasteiger partial charge >= 0.3 is 5.97 Å². The zero-order valence-electron chi connectivity index (χ0n) is 12.9. The predicted octanol–water partition coefficient (Wildman–Crippen LogP) is 1.85. The number of esters is 1. The second kappa shape index (κ2) is 7.82. The summed E-state index contributed by atoms with van der Waals surface area (Å²) in [5.74, 6) is 0.0629. The van der Waals surface area contributed by atoms with Crippen LogP contribution in [0.4, 0.5) is 0 Å². The molecule has 20 heavy (non-hydrogen) atoms. The van der Waals surface area contributed by atoms with E-state index < -0.39 is 5.97 Å². The monoisotopic (exact) mass is 281 g/mol. The molecule has 1 rings (SSSR count). The van der Waals surface area contributed by atoms with E-state index in [0.717, 1.165) is 25.9 Å². The van der Waals surface area contributed by atoms with Gasteiger partial charge in [0.15, 0.2) is 0 Å². The number of hydrogen-bond acceptors (Lipinski definition) is 5. The highest BCUT2D eigenvalue weighted by atomic mass is 16.5. The molecule has 0 aromatic rings. The second-order valence-corrected chi connectivity index (χ2v) is 5.31. The van der Waals surface area contributed by atoms with E-state index >= 15 is 0 Å². The zero-order chi connectivity index (χ0) is 15.1. The summed E-state index contributed by atoms with van der Waals surface area (Å²) in [6, 6.07) is 0. The fraction of sp³-hybridized carbons (Fsp3) is 0.667. The third-order valence-corrected chi connectivity index (χ3v) is 3.81. The van der Waals surface area contributed by atoms with Gasteiger partial charge in [-0.3, -0.25) is 0 Å². The van der Waals surface area contributed by atoms with Crippen LogP contribution in [0, 0.1) is 0 Å². The minimum absolute atomic E-state index is 0.396. The number of carbonyl (C=O) groups is 1. The number of likely N-dealkylation sites (tertiary alicyclic amines) is 1. The summed E-state index contributed by atoms with van der Waals surface area (Å²) in [4.78, 5) is 14.1. The molecule has 1 fully saturated rings. The highest BCUT2D eigenvalue weighted by Gasteiger charge is 2.21. The van der Waals surface area contributed by atoms with Crippen LogP contribution in [0.1, 0.15) is 46.0 Å². The molecule has 0 amide bonds. The van der Waals surface area contributed by atoms with Gasteiger partial charge in [-0.2, -0.15) is 0 Å². The van der Waals surface area contributed by atoms with Gasteiger partial charge in [0.25, 0.3) is 0 Å². The Balaban J connectivity index is 3.11. The number of nitrogens with two attached hydrogens (primary N) is 2. The van der Waals surface area contributed by atoms with Crippen LogP contribution in [0.3, 0.4) is 0 Å². The Morgan fingerprint density at radius 3 is 1.95 bits per heavy atom. The topological polar surface area (TPSA) is 81.6 Å². The number of allylic oxidation sites excluding steroid dienone is 1. The first kappa shape index (κ1) is 16.4. The van der Waals surface area contributed by atoms with Gasteiger partial charge in [-0.15, -0.1) is 0 Å². The van der Waals surface area contributed by atoms with Gasteiger partial charge in [0.1, 0.15) is 11.4 Å². The predicted molar refractivity (Wildman–Crippen MR) is 80.4 cm³/mol. The first-order valence-corrected chi connectivity index (χ1v) is 7.25. The molecule has 114 valence electrons. The molecule has 5 heteroatoms. The maximum atomic E-state index is 12.0. The lowest BCUT2D eigenvalue weighted by molar-refractivity contribution is -0.136. The molecule has 0 saturated carbocycles. The minimum Gasteiger partial charge on any atom is -0.465 e. The van der Waals surface area contributed by atoms with Gasteiger partial charge < -0.3 is 21.1 Å². The van der Waals surface area contributed by atoms with Crippen molar-refractivity contribution in [1.82, 2.24) is 4.90 Å². The van der Waals surface area contributed by atoms with Crippen molar-refractivity contribution in [2.75, 3.05) is 20.2 Å². The Hall–Kier alpha value is -1.65. The highest BCUT2D eigenvalue weighted by molar-refractivity contribution is 5.94. The minimum atomic E-state index is -0.424. The SMILES string of the molecule is COC(=O)C(/C(C)=C(/C)N)=C(/N)N1CCCCCCC1. The summed E-state index contributed by atoms with van der Waals surface area (Å²) in [6.07, 6.45) is 5.89. The number of methoxy groups -OCH3 is 1. The smallest absolute Gasteiger partial charge is 0.341 e. The third kappa shape index (κ3) is 4.18. The van der Waals surface area contributed by atoms with Crippen LogP contribution in [-0.2, 0) is 9.53 Å². The Bertz CT molecular complexity index is 401.